The summed E-state index contributed by atoms with van der Waals surface area (Å²) in [5.41, 5.74) is 4.92. The van der Waals surface area contributed by atoms with Gasteiger partial charge in [0.1, 0.15) is 0 Å². The molecule has 1 aromatic heterocycles. The highest BCUT2D eigenvalue weighted by molar-refractivity contribution is 5.95. The molecule has 2 heterocycles. The maximum absolute atomic E-state index is 12.8. The van der Waals surface area contributed by atoms with E-state index in [1.165, 1.54) is 29.7 Å². The summed E-state index contributed by atoms with van der Waals surface area (Å²) in [6, 6.07) is 17.5. The first kappa shape index (κ1) is 37.8. The first-order valence-corrected chi connectivity index (χ1v) is 17.9. The van der Waals surface area contributed by atoms with Crippen LogP contribution in [0.5, 0.6) is 0 Å². The van der Waals surface area contributed by atoms with Gasteiger partial charge in [-0.25, -0.2) is 0 Å². The van der Waals surface area contributed by atoms with E-state index in [0.29, 0.717) is 40.8 Å². The number of unbranched alkanes of at least 4 members (excludes halogenated alkanes) is 1. The third-order valence-corrected chi connectivity index (χ3v) is 9.40. The third kappa shape index (κ3) is 10.9. The molecule has 5 nitrogen and oxygen atoms in total. The van der Waals surface area contributed by atoms with Gasteiger partial charge in [0.15, 0.2) is 11.2 Å². The van der Waals surface area contributed by atoms with Crippen LogP contribution in [0.2, 0.25) is 0 Å². The van der Waals surface area contributed by atoms with Crippen molar-refractivity contribution in [2.75, 3.05) is 18.4 Å². The second-order valence-corrected chi connectivity index (χ2v) is 13.4. The SMILES string of the molecule is C=c1/c(=C\C)c(=O)c(C(=O)CCCCC(C)C)cn1-c1ccc(CC)cc1.CC=CC(Nc1cccc(C2CCNC2)c1)C(C)CC. The van der Waals surface area contributed by atoms with Gasteiger partial charge in [0.2, 0.25) is 0 Å². The number of carbonyl (C=O) groups excluding carboxylic acids is 1. The average Bonchev–Trinajstić information content (AvgIpc) is 3.62. The Morgan fingerprint density at radius 1 is 1.09 bits per heavy atom. The molecule has 3 aromatic rings. The molecule has 0 saturated carbocycles. The number of benzene rings is 2. The molecule has 1 saturated heterocycles. The number of allylic oxidation sites excluding steroid dienone is 1. The molecule has 3 atom stereocenters. The summed E-state index contributed by atoms with van der Waals surface area (Å²) in [5.74, 6) is 1.88. The summed E-state index contributed by atoms with van der Waals surface area (Å²) in [5, 5.41) is 8.25. The van der Waals surface area contributed by atoms with E-state index in [0.717, 1.165) is 44.5 Å². The van der Waals surface area contributed by atoms with Crippen molar-refractivity contribution in [2.24, 2.45) is 11.8 Å². The minimum Gasteiger partial charge on any atom is -0.379 e. The number of ketones is 1. The quantitative estimate of drug-likeness (QED) is 0.106. The monoisotopic (exact) mass is 637 g/mol. The van der Waals surface area contributed by atoms with E-state index in [-0.39, 0.29) is 16.8 Å². The normalized spacial score (nSPS) is 16.3. The van der Waals surface area contributed by atoms with E-state index in [1.54, 1.807) is 12.3 Å². The molecule has 0 aliphatic carbocycles. The summed E-state index contributed by atoms with van der Waals surface area (Å²) in [7, 11) is 0. The molecule has 4 rings (SSSR count). The van der Waals surface area contributed by atoms with Crippen LogP contribution in [-0.4, -0.2) is 29.5 Å². The zero-order chi connectivity index (χ0) is 34.3. The van der Waals surface area contributed by atoms with Gasteiger partial charge in [0.25, 0.3) is 0 Å². The predicted octanol–water partition coefficient (Wildman–Crippen LogP) is 8.18. The molecule has 0 radical (unpaired) electrons. The van der Waals surface area contributed by atoms with Gasteiger partial charge in [-0.05, 0) is 92.8 Å². The lowest BCUT2D eigenvalue weighted by Gasteiger charge is -2.23. The van der Waals surface area contributed by atoms with Crippen LogP contribution >= 0.6 is 0 Å². The number of aromatic nitrogens is 1. The van der Waals surface area contributed by atoms with Crippen LogP contribution < -0.4 is 26.6 Å². The smallest absolute Gasteiger partial charge is 0.199 e. The first-order chi connectivity index (χ1) is 22.6. The number of aryl methyl sites for hydroxylation is 1. The van der Waals surface area contributed by atoms with Crippen LogP contribution in [0.1, 0.15) is 114 Å². The molecule has 0 bridgehead atoms. The third-order valence-electron chi connectivity index (χ3n) is 9.40. The van der Waals surface area contributed by atoms with E-state index in [1.807, 2.05) is 23.6 Å². The van der Waals surface area contributed by atoms with Crippen molar-refractivity contribution in [3.63, 3.8) is 0 Å². The number of anilines is 1. The van der Waals surface area contributed by atoms with Crippen molar-refractivity contribution >= 4 is 24.1 Å². The number of hydrogen-bond acceptors (Lipinski definition) is 4. The summed E-state index contributed by atoms with van der Waals surface area (Å²) >= 11 is 0. The number of hydrogen-bond donors (Lipinski definition) is 2. The van der Waals surface area contributed by atoms with Gasteiger partial charge in [-0.2, -0.15) is 0 Å². The molecule has 254 valence electrons. The van der Waals surface area contributed by atoms with Crippen LogP contribution in [0.4, 0.5) is 5.69 Å². The summed E-state index contributed by atoms with van der Waals surface area (Å²) in [6.07, 6.45) is 14.6. The molecule has 5 heteroatoms. The fraction of sp³-hybridized carbons (Fsp3) is 0.476. The Morgan fingerprint density at radius 2 is 1.83 bits per heavy atom. The van der Waals surface area contributed by atoms with Crippen molar-refractivity contribution < 1.29 is 4.79 Å². The Kier molecular flexibility index (Phi) is 15.4. The topological polar surface area (TPSA) is 63.1 Å². The minimum absolute atomic E-state index is 0.0780. The largest absolute Gasteiger partial charge is 0.379 e. The standard InChI is InChI=1S/C24H31NO2.C18H28N2/c1-6-19-12-14-20(15-13-19)25-16-22(24(27)21(7-2)18(25)5)23(26)11-9-8-10-17(3)4;1-4-7-18(14(3)5-2)20-17-9-6-8-15(12-17)16-10-11-19-13-16/h7,12-17H,5-6,8-11H2,1-4H3;4,6-9,12,14,16,18-20H,5,10-11,13H2,1-3H3/b21-7+;. The molecule has 1 aliphatic rings. The number of pyridine rings is 1. The van der Waals surface area contributed by atoms with Gasteiger partial charge in [0, 0.05) is 47.1 Å². The Morgan fingerprint density at radius 3 is 2.43 bits per heavy atom. The fourth-order valence-electron chi connectivity index (χ4n) is 6.12. The van der Waals surface area contributed by atoms with Crippen molar-refractivity contribution in [1.29, 1.82) is 0 Å². The van der Waals surface area contributed by atoms with Gasteiger partial charge in [-0.3, -0.25) is 9.59 Å². The van der Waals surface area contributed by atoms with Crippen LogP contribution in [-0.2, 0) is 6.42 Å². The summed E-state index contributed by atoms with van der Waals surface area (Å²) < 4.78 is 1.86. The molecule has 2 aromatic carbocycles. The number of nitrogens with one attached hydrogen (secondary N) is 2. The van der Waals surface area contributed by atoms with E-state index in [2.05, 4.69) is 107 Å². The van der Waals surface area contributed by atoms with E-state index in [4.69, 9.17) is 0 Å². The van der Waals surface area contributed by atoms with Crippen LogP contribution in [0, 0.1) is 11.8 Å². The molecular formula is C42H59N3O2. The van der Waals surface area contributed by atoms with Crippen LogP contribution in [0.25, 0.3) is 18.3 Å². The molecule has 2 N–H and O–H groups in total. The molecule has 0 spiro atoms. The zero-order valence-electron chi connectivity index (χ0n) is 30.1. The van der Waals surface area contributed by atoms with Crippen molar-refractivity contribution in [3.05, 3.63) is 104 Å². The Labute approximate surface area is 283 Å². The lowest BCUT2D eigenvalue weighted by Crippen LogP contribution is -2.46. The van der Waals surface area contributed by atoms with Gasteiger partial charge in [0.05, 0.1) is 5.56 Å². The fourth-order valence-corrected chi connectivity index (χ4v) is 6.12. The second kappa shape index (κ2) is 19.2. The second-order valence-electron chi connectivity index (χ2n) is 13.4. The van der Waals surface area contributed by atoms with Gasteiger partial charge >= 0.3 is 0 Å². The number of rotatable bonds is 14. The summed E-state index contributed by atoms with van der Waals surface area (Å²) in [6.45, 7) is 21.3. The maximum Gasteiger partial charge on any atom is 0.199 e. The van der Waals surface area contributed by atoms with Crippen LogP contribution in [0.15, 0.2) is 71.7 Å². The Balaban J connectivity index is 0.000000267. The average molecular weight is 638 g/mol. The van der Waals surface area contributed by atoms with E-state index < -0.39 is 0 Å². The lowest BCUT2D eigenvalue weighted by atomic mass is 9.96. The molecule has 0 amide bonds. The molecule has 1 aliphatic heterocycles. The van der Waals surface area contributed by atoms with E-state index in [9.17, 15) is 9.59 Å². The van der Waals surface area contributed by atoms with Crippen molar-refractivity contribution in [1.82, 2.24) is 9.88 Å². The highest BCUT2D eigenvalue weighted by Crippen LogP contribution is 2.26. The Bertz CT molecular complexity index is 1610. The van der Waals surface area contributed by atoms with Crippen molar-refractivity contribution in [3.8, 4) is 5.69 Å². The van der Waals surface area contributed by atoms with Gasteiger partial charge < -0.3 is 15.2 Å². The van der Waals surface area contributed by atoms with Crippen molar-refractivity contribution in [2.45, 2.75) is 105 Å². The highest BCUT2D eigenvalue weighted by atomic mass is 16.1. The minimum atomic E-state index is -0.210. The van der Waals surface area contributed by atoms with Gasteiger partial charge in [-0.1, -0.05) is 103 Å². The first-order valence-electron chi connectivity index (χ1n) is 17.9. The maximum atomic E-state index is 12.8. The molecular weight excluding hydrogens is 578 g/mol. The molecule has 1 fully saturated rings. The highest BCUT2D eigenvalue weighted by Gasteiger charge is 2.18. The number of carbonyl (C=O) groups is 1. The van der Waals surface area contributed by atoms with E-state index >= 15 is 0 Å². The molecule has 47 heavy (non-hydrogen) atoms. The zero-order valence-corrected chi connectivity index (χ0v) is 30.1. The summed E-state index contributed by atoms with van der Waals surface area (Å²) in [4.78, 5) is 25.5. The number of nitrogens with zero attached hydrogens (tertiary/aromatic N) is 1. The molecule has 3 unspecified atom stereocenters. The number of Topliss-reactive ketones (excluding diaryl/α,β-unsaturated/α-hetero) is 1. The Hall–Kier alpha value is -3.70. The van der Waals surface area contributed by atoms with Gasteiger partial charge in [-0.15, -0.1) is 0 Å². The predicted molar refractivity (Wildman–Crippen MR) is 202 cm³/mol. The lowest BCUT2D eigenvalue weighted by molar-refractivity contribution is 0.0977. The van der Waals surface area contributed by atoms with Crippen LogP contribution in [0.3, 0.4) is 0 Å².